The first kappa shape index (κ1) is 20.9. The minimum absolute atomic E-state index is 0.0329. The average molecular weight is 426 g/mol. The van der Waals surface area contributed by atoms with E-state index in [1.807, 2.05) is 66.9 Å². The lowest BCUT2D eigenvalue weighted by atomic mass is 9.82. The van der Waals surface area contributed by atoms with Gasteiger partial charge < -0.3 is 15.2 Å². The molecule has 7 heteroatoms. The summed E-state index contributed by atoms with van der Waals surface area (Å²) in [5.74, 6) is -1.06. The van der Waals surface area contributed by atoms with Crippen molar-refractivity contribution in [2.45, 2.75) is 19.8 Å². The van der Waals surface area contributed by atoms with Crippen LogP contribution < -0.4 is 5.73 Å². The molecule has 0 bridgehead atoms. The lowest BCUT2D eigenvalue weighted by Gasteiger charge is -2.26. The first-order valence-electron chi connectivity index (χ1n) is 10.2. The minimum Gasteiger partial charge on any atom is -0.463 e. The fraction of sp³-hybridized carbons (Fsp3) is 0.160. The highest BCUT2D eigenvalue weighted by Gasteiger charge is 2.38. The Bertz CT molecular complexity index is 1250. The SMILES string of the molecule is CCOC(=O)C1=C(C)OC(N)=C(C#N)C1c1cn(-c2ccccc2)nc1-c1ccccc1. The molecule has 0 fully saturated rings. The van der Waals surface area contributed by atoms with Gasteiger partial charge in [0.05, 0.1) is 29.5 Å². The molecule has 0 radical (unpaired) electrons. The number of benzene rings is 2. The maximum Gasteiger partial charge on any atom is 0.338 e. The molecule has 0 saturated carbocycles. The van der Waals surface area contributed by atoms with Crippen molar-refractivity contribution in [1.29, 1.82) is 5.26 Å². The summed E-state index contributed by atoms with van der Waals surface area (Å²) in [6.07, 6.45) is 1.82. The predicted octanol–water partition coefficient (Wildman–Crippen LogP) is 4.18. The quantitative estimate of drug-likeness (QED) is 0.614. The van der Waals surface area contributed by atoms with Gasteiger partial charge in [-0.1, -0.05) is 48.5 Å². The van der Waals surface area contributed by atoms with Crippen molar-refractivity contribution < 1.29 is 14.3 Å². The number of aromatic nitrogens is 2. The summed E-state index contributed by atoms with van der Waals surface area (Å²) in [5, 5.41) is 14.7. The van der Waals surface area contributed by atoms with Crippen molar-refractivity contribution in [3.8, 4) is 23.0 Å². The standard InChI is InChI=1S/C25H22N4O3/c1-3-31-25(30)21-16(2)32-24(27)19(14-26)22(21)20-15-29(18-12-8-5-9-13-18)28-23(20)17-10-6-4-7-11-17/h4-13,15,22H,3,27H2,1-2H3. The maximum absolute atomic E-state index is 12.9. The number of hydrogen-bond acceptors (Lipinski definition) is 6. The van der Waals surface area contributed by atoms with Crippen molar-refractivity contribution in [2.75, 3.05) is 6.61 Å². The molecule has 1 unspecified atom stereocenters. The summed E-state index contributed by atoms with van der Waals surface area (Å²) in [4.78, 5) is 12.9. The van der Waals surface area contributed by atoms with Crippen LogP contribution in [0, 0.1) is 11.3 Å². The number of rotatable bonds is 5. The maximum atomic E-state index is 12.9. The van der Waals surface area contributed by atoms with E-state index in [2.05, 4.69) is 6.07 Å². The van der Waals surface area contributed by atoms with Gasteiger partial charge in [0, 0.05) is 17.3 Å². The third-order valence-corrected chi connectivity index (χ3v) is 5.22. The number of hydrogen-bond donors (Lipinski definition) is 1. The highest BCUT2D eigenvalue weighted by molar-refractivity contribution is 5.93. The van der Waals surface area contributed by atoms with E-state index >= 15 is 0 Å². The van der Waals surface area contributed by atoms with E-state index in [9.17, 15) is 10.1 Å². The lowest BCUT2D eigenvalue weighted by Crippen LogP contribution is -2.25. The number of carbonyl (C=O) groups is 1. The van der Waals surface area contributed by atoms with Crippen molar-refractivity contribution in [3.05, 3.63) is 95.2 Å². The molecule has 2 heterocycles. The van der Waals surface area contributed by atoms with E-state index < -0.39 is 11.9 Å². The number of esters is 1. The van der Waals surface area contributed by atoms with Crippen molar-refractivity contribution in [3.63, 3.8) is 0 Å². The number of para-hydroxylation sites is 1. The third-order valence-electron chi connectivity index (χ3n) is 5.22. The van der Waals surface area contributed by atoms with Crippen molar-refractivity contribution >= 4 is 5.97 Å². The first-order chi connectivity index (χ1) is 15.5. The monoisotopic (exact) mass is 426 g/mol. The van der Waals surface area contributed by atoms with Crippen LogP contribution in [-0.2, 0) is 14.3 Å². The smallest absolute Gasteiger partial charge is 0.338 e. The molecule has 0 spiro atoms. The van der Waals surface area contributed by atoms with Gasteiger partial charge >= 0.3 is 5.97 Å². The van der Waals surface area contributed by atoms with Gasteiger partial charge in [-0.15, -0.1) is 0 Å². The van der Waals surface area contributed by atoms with Gasteiger partial charge in [0.15, 0.2) is 0 Å². The molecule has 0 saturated heterocycles. The first-order valence-corrected chi connectivity index (χ1v) is 10.2. The normalized spacial score (nSPS) is 15.8. The van der Waals surface area contributed by atoms with Gasteiger partial charge in [-0.2, -0.15) is 10.4 Å². The van der Waals surface area contributed by atoms with Crippen molar-refractivity contribution in [1.82, 2.24) is 9.78 Å². The summed E-state index contributed by atoms with van der Waals surface area (Å²) >= 11 is 0. The Labute approximate surface area is 186 Å². The predicted molar refractivity (Wildman–Crippen MR) is 119 cm³/mol. The van der Waals surface area contributed by atoms with Gasteiger partial charge in [0.2, 0.25) is 5.88 Å². The number of allylic oxidation sites excluding steroid dienone is 2. The van der Waals surface area contributed by atoms with Gasteiger partial charge in [-0.25, -0.2) is 9.48 Å². The zero-order valence-electron chi connectivity index (χ0n) is 17.8. The number of ether oxygens (including phenoxy) is 2. The van der Waals surface area contributed by atoms with E-state index in [-0.39, 0.29) is 23.6 Å². The zero-order chi connectivity index (χ0) is 22.7. The number of nitrogens with zero attached hydrogens (tertiary/aromatic N) is 3. The van der Waals surface area contributed by atoms with E-state index in [4.69, 9.17) is 20.3 Å². The molecule has 1 atom stereocenters. The molecule has 1 aliphatic rings. The summed E-state index contributed by atoms with van der Waals surface area (Å²) in [7, 11) is 0. The molecule has 2 N–H and O–H groups in total. The van der Waals surface area contributed by atoms with Gasteiger partial charge in [0.1, 0.15) is 17.4 Å². The highest BCUT2D eigenvalue weighted by atomic mass is 16.5. The third kappa shape index (κ3) is 3.74. The second-order valence-corrected chi connectivity index (χ2v) is 7.19. The number of nitrogens with two attached hydrogens (primary N) is 1. The van der Waals surface area contributed by atoms with Crippen LogP contribution in [-0.4, -0.2) is 22.4 Å². The van der Waals surface area contributed by atoms with Crippen LogP contribution in [0.2, 0.25) is 0 Å². The van der Waals surface area contributed by atoms with Crippen LogP contribution in [0.25, 0.3) is 16.9 Å². The van der Waals surface area contributed by atoms with E-state index in [0.29, 0.717) is 17.0 Å². The van der Waals surface area contributed by atoms with Crippen LogP contribution in [0.1, 0.15) is 25.3 Å². The van der Waals surface area contributed by atoms with Crippen LogP contribution >= 0.6 is 0 Å². The topological polar surface area (TPSA) is 103 Å². The Morgan fingerprint density at radius 2 is 1.84 bits per heavy atom. The molecule has 7 nitrogen and oxygen atoms in total. The Kier molecular flexibility index (Phi) is 5.77. The number of carbonyl (C=O) groups excluding carboxylic acids is 1. The number of nitriles is 1. The average Bonchev–Trinajstić information content (AvgIpc) is 3.25. The van der Waals surface area contributed by atoms with Crippen LogP contribution in [0.3, 0.4) is 0 Å². The molecular weight excluding hydrogens is 404 g/mol. The van der Waals surface area contributed by atoms with Crippen LogP contribution in [0.4, 0.5) is 0 Å². The zero-order valence-corrected chi connectivity index (χ0v) is 17.8. The Morgan fingerprint density at radius 3 is 2.47 bits per heavy atom. The van der Waals surface area contributed by atoms with Gasteiger partial charge in [-0.05, 0) is 26.0 Å². The molecule has 2 aromatic carbocycles. The van der Waals surface area contributed by atoms with Gasteiger partial charge in [0.25, 0.3) is 0 Å². The molecule has 4 rings (SSSR count). The second-order valence-electron chi connectivity index (χ2n) is 7.19. The summed E-state index contributed by atoms with van der Waals surface area (Å²) in [6, 6.07) is 21.3. The summed E-state index contributed by atoms with van der Waals surface area (Å²) in [5.41, 5.74) is 9.44. The lowest BCUT2D eigenvalue weighted by molar-refractivity contribution is -0.139. The molecule has 3 aromatic rings. The molecule has 0 amide bonds. The summed E-state index contributed by atoms with van der Waals surface area (Å²) in [6.45, 7) is 3.56. The van der Waals surface area contributed by atoms with Crippen LogP contribution in [0.15, 0.2) is 89.6 Å². The minimum atomic E-state index is -0.777. The van der Waals surface area contributed by atoms with E-state index in [1.54, 1.807) is 18.5 Å². The fourth-order valence-corrected chi connectivity index (χ4v) is 3.80. The highest BCUT2D eigenvalue weighted by Crippen LogP contribution is 2.43. The van der Waals surface area contributed by atoms with E-state index in [1.165, 1.54) is 0 Å². The van der Waals surface area contributed by atoms with Crippen molar-refractivity contribution in [2.24, 2.45) is 5.73 Å². The van der Waals surface area contributed by atoms with Crippen LogP contribution in [0.5, 0.6) is 0 Å². The largest absolute Gasteiger partial charge is 0.463 e. The Balaban J connectivity index is 1.98. The molecule has 0 aliphatic carbocycles. The van der Waals surface area contributed by atoms with Gasteiger partial charge in [-0.3, -0.25) is 0 Å². The van der Waals surface area contributed by atoms with E-state index in [0.717, 1.165) is 11.3 Å². The Morgan fingerprint density at radius 1 is 1.19 bits per heavy atom. The fourth-order valence-electron chi connectivity index (χ4n) is 3.80. The molecular formula is C25H22N4O3. The Hall–Kier alpha value is -4.31. The molecule has 1 aromatic heterocycles. The molecule has 1 aliphatic heterocycles. The summed E-state index contributed by atoms with van der Waals surface area (Å²) < 4.78 is 12.6. The second kappa shape index (κ2) is 8.82. The molecule has 32 heavy (non-hydrogen) atoms. The molecule has 160 valence electrons.